The molecular weight excluding hydrogens is 259 g/mol. The molecule has 0 saturated heterocycles. The van der Waals surface area contributed by atoms with Gasteiger partial charge in [-0.15, -0.1) is 0 Å². The van der Waals surface area contributed by atoms with Crippen LogP contribution in [0.2, 0.25) is 0 Å². The van der Waals surface area contributed by atoms with Crippen molar-refractivity contribution in [1.29, 1.82) is 0 Å². The minimum Gasteiger partial charge on any atom is -0.329 e. The van der Waals surface area contributed by atoms with Crippen LogP contribution < -0.4 is 11.1 Å². The van der Waals surface area contributed by atoms with Crippen molar-refractivity contribution in [2.75, 3.05) is 6.54 Å². The fourth-order valence-corrected chi connectivity index (χ4v) is 1.68. The maximum Gasteiger partial charge on any atom is 0.137 e. The van der Waals surface area contributed by atoms with Crippen molar-refractivity contribution in [3.05, 3.63) is 34.1 Å². The number of hydrogen-bond acceptors (Lipinski definition) is 2. The van der Waals surface area contributed by atoms with Crippen LogP contribution >= 0.6 is 15.9 Å². The molecule has 0 aliphatic carbocycles. The first kappa shape index (κ1) is 12.6. The summed E-state index contributed by atoms with van der Waals surface area (Å²) in [5, 5.41) is 3.29. The number of hydrogen-bond donors (Lipinski definition) is 2. The van der Waals surface area contributed by atoms with Crippen molar-refractivity contribution in [3.8, 4) is 0 Å². The first-order valence-electron chi connectivity index (χ1n) is 4.95. The predicted octanol–water partition coefficient (Wildman–Crippen LogP) is 2.59. The average Bonchev–Trinajstić information content (AvgIpc) is 2.18. The van der Waals surface area contributed by atoms with Gasteiger partial charge in [-0.1, -0.05) is 19.9 Å². The fraction of sp³-hybridized carbons (Fsp3) is 0.455. The molecule has 1 aromatic carbocycles. The topological polar surface area (TPSA) is 38.0 Å². The van der Waals surface area contributed by atoms with Gasteiger partial charge in [0.25, 0.3) is 0 Å². The van der Waals surface area contributed by atoms with Gasteiger partial charge >= 0.3 is 0 Å². The smallest absolute Gasteiger partial charge is 0.137 e. The van der Waals surface area contributed by atoms with Crippen molar-refractivity contribution in [2.45, 2.75) is 25.9 Å². The summed E-state index contributed by atoms with van der Waals surface area (Å²) >= 11 is 3.12. The molecule has 0 spiro atoms. The molecule has 4 heteroatoms. The van der Waals surface area contributed by atoms with Gasteiger partial charge in [0, 0.05) is 18.6 Å². The van der Waals surface area contributed by atoms with Crippen LogP contribution in [0, 0.1) is 5.82 Å². The monoisotopic (exact) mass is 274 g/mol. The summed E-state index contributed by atoms with van der Waals surface area (Å²) in [4.78, 5) is 0. The molecule has 0 bridgehead atoms. The third-order valence-electron chi connectivity index (χ3n) is 2.12. The molecule has 1 atom stereocenters. The zero-order valence-corrected chi connectivity index (χ0v) is 10.5. The molecule has 84 valence electrons. The summed E-state index contributed by atoms with van der Waals surface area (Å²) in [6.45, 7) is 4.54. The summed E-state index contributed by atoms with van der Waals surface area (Å²) in [5.74, 6) is -0.253. The van der Waals surface area contributed by atoms with Crippen LogP contribution in [0.1, 0.15) is 25.5 Å². The molecule has 15 heavy (non-hydrogen) atoms. The summed E-state index contributed by atoms with van der Waals surface area (Å²) in [5.41, 5.74) is 6.53. The molecule has 0 aliphatic rings. The average molecular weight is 275 g/mol. The van der Waals surface area contributed by atoms with E-state index in [1.165, 1.54) is 6.07 Å². The summed E-state index contributed by atoms with van der Waals surface area (Å²) < 4.78 is 13.8. The molecule has 1 rings (SSSR count). The number of nitrogens with two attached hydrogens (primary N) is 1. The van der Waals surface area contributed by atoms with Crippen molar-refractivity contribution in [3.63, 3.8) is 0 Å². The Bertz CT molecular complexity index is 328. The van der Waals surface area contributed by atoms with Crippen molar-refractivity contribution in [1.82, 2.24) is 5.32 Å². The van der Waals surface area contributed by atoms with Crippen LogP contribution in [0.4, 0.5) is 4.39 Å². The van der Waals surface area contributed by atoms with Crippen molar-refractivity contribution in [2.24, 2.45) is 5.73 Å². The third kappa shape index (κ3) is 3.55. The highest BCUT2D eigenvalue weighted by atomic mass is 79.9. The molecular formula is C11H16BrFN2. The first-order chi connectivity index (χ1) is 7.04. The van der Waals surface area contributed by atoms with E-state index in [1.807, 2.05) is 19.9 Å². The molecule has 1 aromatic rings. The Morgan fingerprint density at radius 2 is 2.13 bits per heavy atom. The number of rotatable bonds is 4. The third-order valence-corrected chi connectivity index (χ3v) is 2.76. The maximum atomic E-state index is 13.3. The van der Waals surface area contributed by atoms with E-state index < -0.39 is 0 Å². The minimum atomic E-state index is -0.253. The quantitative estimate of drug-likeness (QED) is 0.886. The normalized spacial score (nSPS) is 13.2. The molecule has 0 saturated carbocycles. The van der Waals surface area contributed by atoms with Gasteiger partial charge in [0.15, 0.2) is 0 Å². The highest BCUT2D eigenvalue weighted by Gasteiger charge is 2.12. The Balaban J connectivity index is 2.87. The van der Waals surface area contributed by atoms with Crippen LogP contribution in [0.15, 0.2) is 22.7 Å². The van der Waals surface area contributed by atoms with E-state index in [4.69, 9.17) is 5.73 Å². The maximum absolute atomic E-state index is 13.3. The van der Waals surface area contributed by atoms with E-state index in [0.717, 1.165) is 5.56 Å². The van der Waals surface area contributed by atoms with Crippen molar-refractivity contribution >= 4 is 15.9 Å². The Kier molecular flexibility index (Phi) is 4.70. The Hall–Kier alpha value is -0.450. The Morgan fingerprint density at radius 1 is 1.47 bits per heavy atom. The fourth-order valence-electron chi connectivity index (χ4n) is 1.43. The van der Waals surface area contributed by atoms with E-state index >= 15 is 0 Å². The van der Waals surface area contributed by atoms with Gasteiger partial charge in [-0.05, 0) is 33.6 Å². The molecule has 2 nitrogen and oxygen atoms in total. The predicted molar refractivity (Wildman–Crippen MR) is 64.2 cm³/mol. The van der Waals surface area contributed by atoms with E-state index in [0.29, 0.717) is 17.1 Å². The minimum absolute atomic E-state index is 0.00704. The van der Waals surface area contributed by atoms with Crippen LogP contribution in [-0.2, 0) is 0 Å². The van der Waals surface area contributed by atoms with Gasteiger partial charge in [-0.2, -0.15) is 0 Å². The van der Waals surface area contributed by atoms with Crippen LogP contribution in [0.3, 0.4) is 0 Å². The Labute approximate surface area is 98.2 Å². The second-order valence-corrected chi connectivity index (χ2v) is 4.64. The highest BCUT2D eigenvalue weighted by Crippen LogP contribution is 2.20. The van der Waals surface area contributed by atoms with E-state index in [-0.39, 0.29) is 11.9 Å². The van der Waals surface area contributed by atoms with Gasteiger partial charge in [0.05, 0.1) is 4.47 Å². The van der Waals surface area contributed by atoms with Gasteiger partial charge in [0.2, 0.25) is 0 Å². The molecule has 0 fully saturated rings. The SMILES string of the molecule is CC(C)NC(CN)c1ccc(Br)c(F)c1. The second-order valence-electron chi connectivity index (χ2n) is 3.78. The molecule has 0 aromatic heterocycles. The summed E-state index contributed by atoms with van der Waals surface area (Å²) in [7, 11) is 0. The number of benzene rings is 1. The lowest BCUT2D eigenvalue weighted by Gasteiger charge is -2.20. The van der Waals surface area contributed by atoms with E-state index in [2.05, 4.69) is 21.2 Å². The van der Waals surface area contributed by atoms with Crippen molar-refractivity contribution < 1.29 is 4.39 Å². The molecule has 0 heterocycles. The van der Waals surface area contributed by atoms with Crippen LogP contribution in [0.25, 0.3) is 0 Å². The van der Waals surface area contributed by atoms with E-state index in [1.54, 1.807) is 6.07 Å². The molecule has 3 N–H and O–H groups in total. The lowest BCUT2D eigenvalue weighted by molar-refractivity contribution is 0.481. The zero-order valence-electron chi connectivity index (χ0n) is 8.93. The summed E-state index contributed by atoms with van der Waals surface area (Å²) in [6, 6.07) is 5.42. The van der Waals surface area contributed by atoms with Crippen LogP contribution in [-0.4, -0.2) is 12.6 Å². The van der Waals surface area contributed by atoms with Gasteiger partial charge in [-0.25, -0.2) is 4.39 Å². The lowest BCUT2D eigenvalue weighted by Crippen LogP contribution is -2.33. The molecule has 0 radical (unpaired) electrons. The molecule has 0 aliphatic heterocycles. The standard InChI is InChI=1S/C11H16BrFN2/c1-7(2)15-11(6-14)8-3-4-9(12)10(13)5-8/h3-5,7,11,15H,6,14H2,1-2H3. The number of halogens is 2. The van der Waals surface area contributed by atoms with Gasteiger partial charge < -0.3 is 11.1 Å². The van der Waals surface area contributed by atoms with Crippen LogP contribution in [0.5, 0.6) is 0 Å². The lowest BCUT2D eigenvalue weighted by atomic mass is 10.1. The highest BCUT2D eigenvalue weighted by molar-refractivity contribution is 9.10. The van der Waals surface area contributed by atoms with Gasteiger partial charge in [-0.3, -0.25) is 0 Å². The first-order valence-corrected chi connectivity index (χ1v) is 5.75. The Morgan fingerprint density at radius 3 is 2.60 bits per heavy atom. The van der Waals surface area contributed by atoms with Gasteiger partial charge in [0.1, 0.15) is 5.82 Å². The molecule has 0 amide bonds. The summed E-state index contributed by atoms with van der Waals surface area (Å²) in [6.07, 6.45) is 0. The molecule has 1 unspecified atom stereocenters. The number of nitrogens with one attached hydrogen (secondary N) is 1. The second kappa shape index (κ2) is 5.58. The zero-order chi connectivity index (χ0) is 11.4. The van der Waals surface area contributed by atoms with E-state index in [9.17, 15) is 4.39 Å². The largest absolute Gasteiger partial charge is 0.329 e.